The molecule has 3 aromatic rings. The largest absolute Gasteiger partial charge is 0.497 e. The van der Waals surface area contributed by atoms with Crippen molar-refractivity contribution in [2.24, 2.45) is 5.73 Å². The predicted molar refractivity (Wildman–Crippen MR) is 117 cm³/mol. The van der Waals surface area contributed by atoms with Crippen molar-refractivity contribution in [3.05, 3.63) is 94.9 Å². The number of esters is 1. The summed E-state index contributed by atoms with van der Waals surface area (Å²) in [4.78, 5) is 12.6. The minimum Gasteiger partial charge on any atom is -0.497 e. The quantitative estimate of drug-likeness (QED) is 0.481. The van der Waals surface area contributed by atoms with Crippen LogP contribution in [0.15, 0.2) is 78.2 Å². The zero-order chi connectivity index (χ0) is 22.7. The van der Waals surface area contributed by atoms with Gasteiger partial charge in [-0.25, -0.2) is 4.79 Å². The highest BCUT2D eigenvalue weighted by Crippen LogP contribution is 2.43. The van der Waals surface area contributed by atoms with Crippen molar-refractivity contribution in [1.29, 1.82) is 5.26 Å². The molecule has 2 N–H and O–H groups in total. The monoisotopic (exact) mass is 428 g/mol. The summed E-state index contributed by atoms with van der Waals surface area (Å²) in [5, 5.41) is 9.69. The molecule has 0 unspecified atom stereocenters. The van der Waals surface area contributed by atoms with Gasteiger partial charge >= 0.3 is 5.97 Å². The number of benzene rings is 3. The number of para-hydroxylation sites is 1. The highest BCUT2D eigenvalue weighted by molar-refractivity contribution is 5.94. The zero-order valence-electron chi connectivity index (χ0n) is 17.5. The fourth-order valence-corrected chi connectivity index (χ4v) is 3.61. The van der Waals surface area contributed by atoms with Gasteiger partial charge in [-0.1, -0.05) is 30.3 Å². The zero-order valence-corrected chi connectivity index (χ0v) is 17.5. The van der Waals surface area contributed by atoms with Crippen molar-refractivity contribution in [1.82, 2.24) is 0 Å². The van der Waals surface area contributed by atoms with Gasteiger partial charge in [0, 0.05) is 11.6 Å². The lowest BCUT2D eigenvalue weighted by atomic mass is 9.83. The molecule has 0 amide bonds. The van der Waals surface area contributed by atoms with Crippen LogP contribution in [0.3, 0.4) is 0 Å². The van der Waals surface area contributed by atoms with E-state index in [0.717, 1.165) is 11.1 Å². The second kappa shape index (κ2) is 8.74. The Kier molecular flexibility index (Phi) is 5.69. The van der Waals surface area contributed by atoms with Crippen LogP contribution in [0.4, 0.5) is 0 Å². The summed E-state index contributed by atoms with van der Waals surface area (Å²) in [6, 6.07) is 21.3. The Morgan fingerprint density at radius 2 is 1.72 bits per heavy atom. The topological polar surface area (TPSA) is 104 Å². The lowest BCUT2D eigenvalue weighted by Gasteiger charge is -2.26. The molecular formula is C25H20N2O5. The SMILES string of the molecule is COc1ccc([C@H]2C(C#N)=C(N)Oc3cc(OC(=O)c4ccccc4OC)ccc32)cc1. The van der Waals surface area contributed by atoms with E-state index in [1.165, 1.54) is 7.11 Å². The lowest BCUT2D eigenvalue weighted by molar-refractivity contribution is 0.0731. The van der Waals surface area contributed by atoms with Gasteiger partial charge in [0.1, 0.15) is 40.2 Å². The van der Waals surface area contributed by atoms with Crippen molar-refractivity contribution < 1.29 is 23.7 Å². The van der Waals surface area contributed by atoms with Crippen LogP contribution in [-0.4, -0.2) is 20.2 Å². The first-order valence-electron chi connectivity index (χ1n) is 9.76. The fraction of sp³-hybridized carbons (Fsp3) is 0.120. The first-order valence-corrected chi connectivity index (χ1v) is 9.76. The van der Waals surface area contributed by atoms with Crippen LogP contribution in [-0.2, 0) is 0 Å². The van der Waals surface area contributed by atoms with Crippen molar-refractivity contribution in [2.75, 3.05) is 14.2 Å². The van der Waals surface area contributed by atoms with Crippen molar-refractivity contribution in [3.63, 3.8) is 0 Å². The van der Waals surface area contributed by atoms with Crippen molar-refractivity contribution in [2.45, 2.75) is 5.92 Å². The summed E-state index contributed by atoms with van der Waals surface area (Å²) < 4.78 is 21.7. The van der Waals surface area contributed by atoms with Crippen molar-refractivity contribution in [3.8, 4) is 29.1 Å². The number of carbonyl (C=O) groups is 1. The van der Waals surface area contributed by atoms with Gasteiger partial charge in [0.2, 0.25) is 5.88 Å². The number of hydrogen-bond acceptors (Lipinski definition) is 7. The van der Waals surface area contributed by atoms with Gasteiger partial charge < -0.3 is 24.7 Å². The normalized spacial score (nSPS) is 14.6. The maximum absolute atomic E-state index is 12.6. The van der Waals surface area contributed by atoms with E-state index in [2.05, 4.69) is 6.07 Å². The Morgan fingerprint density at radius 3 is 2.41 bits per heavy atom. The Hall–Kier alpha value is -4.44. The van der Waals surface area contributed by atoms with Crippen LogP contribution in [0.2, 0.25) is 0 Å². The second-order valence-corrected chi connectivity index (χ2v) is 6.99. The number of nitrogens with zero attached hydrogens (tertiary/aromatic N) is 1. The molecule has 32 heavy (non-hydrogen) atoms. The molecule has 0 saturated carbocycles. The van der Waals surface area contributed by atoms with Crippen LogP contribution in [0.5, 0.6) is 23.0 Å². The summed E-state index contributed by atoms with van der Waals surface area (Å²) >= 11 is 0. The average Bonchev–Trinajstić information content (AvgIpc) is 2.83. The van der Waals surface area contributed by atoms with E-state index in [4.69, 9.17) is 24.7 Å². The Labute approximate surface area is 185 Å². The molecule has 0 aliphatic carbocycles. The number of rotatable bonds is 5. The summed E-state index contributed by atoms with van der Waals surface area (Å²) in [6.07, 6.45) is 0. The molecule has 0 radical (unpaired) electrons. The Balaban J connectivity index is 1.68. The molecule has 0 aromatic heterocycles. The third-order valence-corrected chi connectivity index (χ3v) is 5.18. The molecule has 7 nitrogen and oxygen atoms in total. The van der Waals surface area contributed by atoms with Gasteiger partial charge in [-0.2, -0.15) is 5.26 Å². The molecule has 1 aliphatic rings. The molecule has 0 saturated heterocycles. The van der Waals surface area contributed by atoms with E-state index in [1.54, 1.807) is 49.6 Å². The summed E-state index contributed by atoms with van der Waals surface area (Å²) in [5.41, 5.74) is 8.25. The first-order chi connectivity index (χ1) is 15.5. The third kappa shape index (κ3) is 3.82. The number of allylic oxidation sites excluding steroid dienone is 1. The minimum atomic E-state index is -0.564. The van der Waals surface area contributed by atoms with Gasteiger partial charge in [0.05, 0.1) is 20.1 Å². The standard InChI is InChI=1S/C25H20N2O5/c1-29-16-9-7-15(8-10-16)23-18-12-11-17(13-22(18)32-24(27)20(23)14-26)31-25(28)19-5-3-4-6-21(19)30-2/h3-13,23H,27H2,1-2H3/t23-/m1/s1. The molecule has 160 valence electrons. The van der Waals surface area contributed by atoms with E-state index in [0.29, 0.717) is 28.4 Å². The van der Waals surface area contributed by atoms with Crippen LogP contribution in [0, 0.1) is 11.3 Å². The third-order valence-electron chi connectivity index (χ3n) is 5.18. The Bertz CT molecular complexity index is 1240. The fourth-order valence-electron chi connectivity index (χ4n) is 3.61. The van der Waals surface area contributed by atoms with E-state index < -0.39 is 11.9 Å². The second-order valence-electron chi connectivity index (χ2n) is 6.99. The van der Waals surface area contributed by atoms with E-state index >= 15 is 0 Å². The molecule has 0 fully saturated rings. The number of methoxy groups -OCH3 is 2. The number of nitriles is 1. The average molecular weight is 428 g/mol. The van der Waals surface area contributed by atoms with Crippen LogP contribution in [0.25, 0.3) is 0 Å². The number of fused-ring (bicyclic) bond motifs is 1. The van der Waals surface area contributed by atoms with Gasteiger partial charge in [-0.15, -0.1) is 0 Å². The van der Waals surface area contributed by atoms with E-state index in [1.807, 2.05) is 24.3 Å². The molecule has 1 heterocycles. The van der Waals surface area contributed by atoms with Crippen LogP contribution >= 0.6 is 0 Å². The smallest absolute Gasteiger partial charge is 0.347 e. The van der Waals surface area contributed by atoms with Crippen LogP contribution < -0.4 is 24.7 Å². The lowest BCUT2D eigenvalue weighted by Crippen LogP contribution is -2.21. The Morgan fingerprint density at radius 1 is 1.00 bits per heavy atom. The molecule has 3 aromatic carbocycles. The summed E-state index contributed by atoms with van der Waals surface area (Å²) in [6.45, 7) is 0. The van der Waals surface area contributed by atoms with Gasteiger partial charge in [0.15, 0.2) is 0 Å². The molecule has 4 rings (SSSR count). The number of ether oxygens (including phenoxy) is 4. The number of carbonyl (C=O) groups excluding carboxylic acids is 1. The summed E-state index contributed by atoms with van der Waals surface area (Å²) in [5.74, 6) is 0.829. The highest BCUT2D eigenvalue weighted by atomic mass is 16.5. The summed E-state index contributed by atoms with van der Waals surface area (Å²) in [7, 11) is 3.07. The minimum absolute atomic E-state index is 0.00835. The first kappa shape index (κ1) is 20.8. The maximum atomic E-state index is 12.6. The molecule has 1 atom stereocenters. The predicted octanol–water partition coefficient (Wildman–Crippen LogP) is 4.14. The van der Waals surface area contributed by atoms with E-state index in [9.17, 15) is 10.1 Å². The van der Waals surface area contributed by atoms with E-state index in [-0.39, 0.29) is 11.6 Å². The van der Waals surface area contributed by atoms with Crippen LogP contribution in [0.1, 0.15) is 27.4 Å². The highest BCUT2D eigenvalue weighted by Gasteiger charge is 2.31. The molecule has 1 aliphatic heterocycles. The molecule has 0 bridgehead atoms. The maximum Gasteiger partial charge on any atom is 0.347 e. The van der Waals surface area contributed by atoms with Crippen molar-refractivity contribution >= 4 is 5.97 Å². The van der Waals surface area contributed by atoms with Gasteiger partial charge in [-0.3, -0.25) is 0 Å². The number of hydrogen-bond donors (Lipinski definition) is 1. The molecule has 7 heteroatoms. The van der Waals surface area contributed by atoms with Gasteiger partial charge in [0.25, 0.3) is 0 Å². The van der Waals surface area contributed by atoms with Gasteiger partial charge in [-0.05, 0) is 35.9 Å². The molecule has 0 spiro atoms. The number of nitrogens with two attached hydrogens (primary N) is 1. The molecular weight excluding hydrogens is 408 g/mol.